The lowest BCUT2D eigenvalue weighted by molar-refractivity contribution is 0.0970. The average Bonchev–Trinajstić information content (AvgIpc) is 2.75. The van der Waals surface area contributed by atoms with Crippen molar-refractivity contribution >= 4 is 34.2 Å². The molecule has 0 aliphatic carbocycles. The summed E-state index contributed by atoms with van der Waals surface area (Å²) in [5.41, 5.74) is 3.46. The van der Waals surface area contributed by atoms with Gasteiger partial charge in [0.25, 0.3) is 0 Å². The van der Waals surface area contributed by atoms with Gasteiger partial charge in [-0.3, -0.25) is 14.4 Å². The van der Waals surface area contributed by atoms with Gasteiger partial charge in [0.15, 0.2) is 11.6 Å². The molecule has 0 fully saturated rings. The predicted molar refractivity (Wildman–Crippen MR) is 126 cm³/mol. The normalized spacial score (nSPS) is 11.0. The van der Waals surface area contributed by atoms with Gasteiger partial charge in [-0.2, -0.15) is 0 Å². The first kappa shape index (κ1) is 21.7. The molecule has 2 heterocycles. The van der Waals surface area contributed by atoms with Gasteiger partial charge in [0.05, 0.1) is 17.5 Å². The molecule has 0 aliphatic heterocycles. The molecule has 0 saturated heterocycles. The molecule has 160 valence electrons. The van der Waals surface area contributed by atoms with Crippen molar-refractivity contribution in [2.75, 3.05) is 0 Å². The predicted octanol–water partition coefficient (Wildman–Crippen LogP) is 5.09. The van der Waals surface area contributed by atoms with Crippen LogP contribution < -0.4 is 5.43 Å². The van der Waals surface area contributed by atoms with Crippen LogP contribution in [0.4, 0.5) is 0 Å². The van der Waals surface area contributed by atoms with Gasteiger partial charge in [0, 0.05) is 28.0 Å². The van der Waals surface area contributed by atoms with Crippen molar-refractivity contribution in [3.63, 3.8) is 0 Å². The van der Waals surface area contributed by atoms with E-state index in [4.69, 9.17) is 11.6 Å². The van der Waals surface area contributed by atoms with Crippen LogP contribution in [0.1, 0.15) is 43.1 Å². The van der Waals surface area contributed by atoms with Crippen LogP contribution in [-0.2, 0) is 6.54 Å². The highest BCUT2D eigenvalue weighted by Gasteiger charge is 2.20. The monoisotopic (exact) mass is 444 g/mol. The highest BCUT2D eigenvalue weighted by Crippen LogP contribution is 2.18. The smallest absolute Gasteiger partial charge is 0.202 e. The fraction of sp³-hybridized carbons (Fsp3) is 0.154. The maximum absolute atomic E-state index is 13.3. The third-order valence-corrected chi connectivity index (χ3v) is 5.66. The van der Waals surface area contributed by atoms with Crippen molar-refractivity contribution in [2.24, 2.45) is 0 Å². The van der Waals surface area contributed by atoms with Gasteiger partial charge in [0.2, 0.25) is 5.43 Å². The van der Waals surface area contributed by atoms with Gasteiger partial charge >= 0.3 is 0 Å². The standard InChI is InChI=1S/C26H21ClN2O3/c1-15-4-10-20(16(2)12-15)24(31)22-13-29(14-23(30)18-6-8-19(27)9-7-18)26-21(25(22)32)11-5-17(3)28-26/h4-13H,14H2,1-3H3. The maximum atomic E-state index is 13.3. The van der Waals surface area contributed by atoms with E-state index in [1.54, 1.807) is 47.0 Å². The van der Waals surface area contributed by atoms with E-state index in [-0.39, 0.29) is 23.7 Å². The van der Waals surface area contributed by atoms with Crippen LogP contribution in [0.5, 0.6) is 0 Å². The van der Waals surface area contributed by atoms with Gasteiger partial charge < -0.3 is 4.57 Å². The number of rotatable bonds is 5. The molecule has 0 unspecified atom stereocenters. The quantitative estimate of drug-likeness (QED) is 0.402. The Hall–Kier alpha value is -3.57. The molecule has 5 nitrogen and oxygen atoms in total. The molecule has 4 aromatic rings. The van der Waals surface area contributed by atoms with Crippen molar-refractivity contribution in [3.8, 4) is 0 Å². The van der Waals surface area contributed by atoms with E-state index in [1.165, 1.54) is 6.20 Å². The number of nitrogens with zero attached hydrogens (tertiary/aromatic N) is 2. The third-order valence-electron chi connectivity index (χ3n) is 5.41. The zero-order valence-corrected chi connectivity index (χ0v) is 18.7. The van der Waals surface area contributed by atoms with E-state index in [1.807, 2.05) is 32.9 Å². The fourth-order valence-electron chi connectivity index (χ4n) is 3.74. The van der Waals surface area contributed by atoms with E-state index in [0.29, 0.717) is 32.9 Å². The van der Waals surface area contributed by atoms with Crippen LogP contribution in [0.3, 0.4) is 0 Å². The second kappa shape index (κ2) is 8.52. The molecule has 0 spiro atoms. The number of aromatic nitrogens is 2. The Bertz CT molecular complexity index is 1440. The first-order valence-electron chi connectivity index (χ1n) is 10.2. The number of pyridine rings is 2. The number of fused-ring (bicyclic) bond motifs is 1. The average molecular weight is 445 g/mol. The molecule has 0 amide bonds. The molecule has 2 aromatic heterocycles. The summed E-state index contributed by atoms with van der Waals surface area (Å²) in [5.74, 6) is -0.553. The second-order valence-electron chi connectivity index (χ2n) is 7.90. The van der Waals surface area contributed by atoms with Crippen molar-refractivity contribution in [3.05, 3.63) is 110 Å². The van der Waals surface area contributed by atoms with Gasteiger partial charge in [-0.05, 0) is 62.7 Å². The minimum atomic E-state index is -0.396. The Labute approximate surface area is 190 Å². The number of halogens is 1. The number of hydrogen-bond donors (Lipinski definition) is 0. The Morgan fingerprint density at radius 3 is 2.34 bits per heavy atom. The molecule has 2 aromatic carbocycles. The zero-order chi connectivity index (χ0) is 23.0. The van der Waals surface area contributed by atoms with Crippen LogP contribution in [0, 0.1) is 20.8 Å². The van der Waals surface area contributed by atoms with E-state index >= 15 is 0 Å². The first-order chi connectivity index (χ1) is 15.2. The Kier molecular flexibility index (Phi) is 5.76. The van der Waals surface area contributed by atoms with Gasteiger partial charge in [-0.15, -0.1) is 0 Å². The highest BCUT2D eigenvalue weighted by atomic mass is 35.5. The molecule has 0 saturated carbocycles. The summed E-state index contributed by atoms with van der Waals surface area (Å²) in [6.45, 7) is 5.53. The summed E-state index contributed by atoms with van der Waals surface area (Å²) >= 11 is 5.93. The lowest BCUT2D eigenvalue weighted by Gasteiger charge is -2.13. The fourth-order valence-corrected chi connectivity index (χ4v) is 3.86. The lowest BCUT2D eigenvalue weighted by Crippen LogP contribution is -2.23. The maximum Gasteiger partial charge on any atom is 0.202 e. The largest absolute Gasteiger partial charge is 0.324 e. The van der Waals surface area contributed by atoms with Gasteiger partial charge in [0.1, 0.15) is 5.65 Å². The molecule has 0 N–H and O–H groups in total. The number of hydrogen-bond acceptors (Lipinski definition) is 4. The van der Waals surface area contributed by atoms with Crippen molar-refractivity contribution in [1.29, 1.82) is 0 Å². The molecule has 6 heteroatoms. The molecule has 4 rings (SSSR count). The summed E-state index contributed by atoms with van der Waals surface area (Å²) in [6, 6.07) is 15.4. The zero-order valence-electron chi connectivity index (χ0n) is 18.0. The minimum Gasteiger partial charge on any atom is -0.324 e. The summed E-state index contributed by atoms with van der Waals surface area (Å²) in [7, 11) is 0. The molecule has 32 heavy (non-hydrogen) atoms. The number of Topliss-reactive ketones (excluding diaryl/α,β-unsaturated/α-hetero) is 1. The summed E-state index contributed by atoms with van der Waals surface area (Å²) < 4.78 is 1.58. The summed E-state index contributed by atoms with van der Waals surface area (Å²) in [4.78, 5) is 43.9. The van der Waals surface area contributed by atoms with Crippen molar-refractivity contribution in [2.45, 2.75) is 27.3 Å². The van der Waals surface area contributed by atoms with Gasteiger partial charge in [-0.25, -0.2) is 4.98 Å². The topological polar surface area (TPSA) is 69.0 Å². The summed E-state index contributed by atoms with van der Waals surface area (Å²) in [6.07, 6.45) is 1.45. The Balaban J connectivity index is 1.86. The van der Waals surface area contributed by atoms with E-state index < -0.39 is 5.43 Å². The van der Waals surface area contributed by atoms with E-state index in [2.05, 4.69) is 4.98 Å². The highest BCUT2D eigenvalue weighted by molar-refractivity contribution is 6.30. The minimum absolute atomic E-state index is 0.0130. The van der Waals surface area contributed by atoms with Crippen LogP contribution in [0.2, 0.25) is 5.02 Å². The SMILES string of the molecule is Cc1ccc(C(=O)c2cn(CC(=O)c3ccc(Cl)cc3)c3nc(C)ccc3c2=O)c(C)c1. The molecular formula is C26H21ClN2O3. The van der Waals surface area contributed by atoms with E-state index in [9.17, 15) is 14.4 Å². The van der Waals surface area contributed by atoms with Gasteiger partial charge in [-0.1, -0.05) is 35.4 Å². The number of carbonyl (C=O) groups is 2. The molecular weight excluding hydrogens is 424 g/mol. The Morgan fingerprint density at radius 2 is 1.66 bits per heavy atom. The summed E-state index contributed by atoms with van der Waals surface area (Å²) in [5, 5.41) is 0.837. The van der Waals surface area contributed by atoms with Crippen LogP contribution in [0.15, 0.2) is 65.6 Å². The number of ketones is 2. The Morgan fingerprint density at radius 1 is 0.938 bits per heavy atom. The van der Waals surface area contributed by atoms with Crippen LogP contribution in [0.25, 0.3) is 11.0 Å². The molecule has 0 radical (unpaired) electrons. The first-order valence-corrected chi connectivity index (χ1v) is 10.5. The molecule has 0 bridgehead atoms. The number of benzene rings is 2. The van der Waals surface area contributed by atoms with Crippen LogP contribution in [-0.4, -0.2) is 21.1 Å². The second-order valence-corrected chi connectivity index (χ2v) is 8.34. The number of carbonyl (C=O) groups excluding carboxylic acids is 2. The molecule has 0 aliphatic rings. The number of aryl methyl sites for hydroxylation is 3. The van der Waals surface area contributed by atoms with E-state index in [0.717, 1.165) is 11.1 Å². The third kappa shape index (κ3) is 4.12. The molecule has 0 atom stereocenters. The lowest BCUT2D eigenvalue weighted by atomic mass is 9.97. The van der Waals surface area contributed by atoms with Crippen molar-refractivity contribution in [1.82, 2.24) is 9.55 Å². The van der Waals surface area contributed by atoms with Crippen LogP contribution >= 0.6 is 11.6 Å². The van der Waals surface area contributed by atoms with Crippen molar-refractivity contribution < 1.29 is 9.59 Å².